The molecule has 0 aliphatic carbocycles. The van der Waals surface area contributed by atoms with Gasteiger partial charge < -0.3 is 15.0 Å². The second-order valence-electron chi connectivity index (χ2n) is 6.38. The Balaban J connectivity index is 1.52. The molecule has 2 aliphatic heterocycles. The highest BCUT2D eigenvalue weighted by Gasteiger charge is 2.28. The highest BCUT2D eigenvalue weighted by atomic mass is 35.5. The van der Waals surface area contributed by atoms with Crippen molar-refractivity contribution in [1.82, 2.24) is 9.80 Å². The number of likely N-dealkylation sites (tertiary alicyclic amines) is 1. The molecule has 2 amide bonds. The predicted molar refractivity (Wildman–Crippen MR) is 92.1 cm³/mol. The van der Waals surface area contributed by atoms with Crippen molar-refractivity contribution in [1.29, 1.82) is 0 Å². The van der Waals surface area contributed by atoms with E-state index in [1.54, 1.807) is 0 Å². The van der Waals surface area contributed by atoms with Crippen molar-refractivity contribution in [3.8, 4) is 0 Å². The van der Waals surface area contributed by atoms with Crippen LogP contribution in [0, 0.1) is 12.8 Å². The standard InChI is InChI=1S/C17H24ClN3O2/c1-13-3-2-4-15(16(13)18)19-17(22)21-6-5-14(12-21)11-20-7-9-23-10-8-20/h2-4,14H,5-12H2,1H3,(H,19,22)/t14-/m0/s1. The fraction of sp³-hybridized carbons (Fsp3) is 0.588. The molecule has 0 aromatic heterocycles. The molecule has 2 saturated heterocycles. The zero-order valence-electron chi connectivity index (χ0n) is 13.6. The van der Waals surface area contributed by atoms with E-state index in [-0.39, 0.29) is 6.03 Å². The quantitative estimate of drug-likeness (QED) is 0.922. The largest absolute Gasteiger partial charge is 0.379 e. The summed E-state index contributed by atoms with van der Waals surface area (Å²) in [6, 6.07) is 5.63. The third kappa shape index (κ3) is 4.16. The minimum Gasteiger partial charge on any atom is -0.379 e. The van der Waals surface area contributed by atoms with Gasteiger partial charge in [0.05, 0.1) is 23.9 Å². The third-order valence-corrected chi connectivity index (χ3v) is 5.13. The number of urea groups is 1. The number of anilines is 1. The molecule has 0 spiro atoms. The SMILES string of the molecule is Cc1cccc(NC(=O)N2CC[C@@H](CN3CCOCC3)C2)c1Cl. The summed E-state index contributed by atoms with van der Waals surface area (Å²) in [7, 11) is 0. The minimum absolute atomic E-state index is 0.0537. The first-order chi connectivity index (χ1) is 11.1. The molecule has 2 heterocycles. The lowest BCUT2D eigenvalue weighted by atomic mass is 10.1. The Kier molecular flexibility index (Phi) is 5.41. The molecule has 1 N–H and O–H groups in total. The number of morpholine rings is 1. The molecule has 23 heavy (non-hydrogen) atoms. The van der Waals surface area contributed by atoms with E-state index in [2.05, 4.69) is 10.2 Å². The molecular formula is C17H24ClN3O2. The van der Waals surface area contributed by atoms with Gasteiger partial charge in [-0.25, -0.2) is 4.79 Å². The number of aryl methyl sites for hydroxylation is 1. The Morgan fingerprint density at radius 3 is 2.91 bits per heavy atom. The zero-order chi connectivity index (χ0) is 16.2. The van der Waals surface area contributed by atoms with Gasteiger partial charge in [0.15, 0.2) is 0 Å². The van der Waals surface area contributed by atoms with Gasteiger partial charge in [-0.1, -0.05) is 23.7 Å². The van der Waals surface area contributed by atoms with Crippen LogP contribution < -0.4 is 5.32 Å². The van der Waals surface area contributed by atoms with Crippen LogP contribution in [-0.2, 0) is 4.74 Å². The Hall–Kier alpha value is -1.30. The first-order valence-electron chi connectivity index (χ1n) is 8.24. The molecule has 5 nitrogen and oxygen atoms in total. The van der Waals surface area contributed by atoms with Gasteiger partial charge >= 0.3 is 6.03 Å². The van der Waals surface area contributed by atoms with Crippen LogP contribution >= 0.6 is 11.6 Å². The number of amides is 2. The molecule has 0 unspecified atom stereocenters. The van der Waals surface area contributed by atoms with E-state index in [1.165, 1.54) is 0 Å². The van der Waals surface area contributed by atoms with Crippen LogP contribution in [0.1, 0.15) is 12.0 Å². The lowest BCUT2D eigenvalue weighted by Gasteiger charge is -2.29. The van der Waals surface area contributed by atoms with Crippen LogP contribution in [0.3, 0.4) is 0 Å². The maximum atomic E-state index is 12.4. The Bertz CT molecular complexity index is 561. The average Bonchev–Trinajstić information content (AvgIpc) is 3.01. The van der Waals surface area contributed by atoms with Crippen molar-refractivity contribution in [2.24, 2.45) is 5.92 Å². The summed E-state index contributed by atoms with van der Waals surface area (Å²) in [5.41, 5.74) is 1.66. The molecule has 3 rings (SSSR count). The summed E-state index contributed by atoms with van der Waals surface area (Å²) >= 11 is 6.25. The van der Waals surface area contributed by atoms with Crippen LogP contribution in [0.15, 0.2) is 18.2 Å². The van der Waals surface area contributed by atoms with Gasteiger partial charge in [0.25, 0.3) is 0 Å². The fourth-order valence-corrected chi connectivity index (χ4v) is 3.43. The first kappa shape index (κ1) is 16.6. The molecule has 2 aliphatic rings. The molecular weight excluding hydrogens is 314 g/mol. The molecule has 1 atom stereocenters. The van der Waals surface area contributed by atoms with E-state index in [0.29, 0.717) is 16.6 Å². The van der Waals surface area contributed by atoms with Gasteiger partial charge in [0.1, 0.15) is 0 Å². The van der Waals surface area contributed by atoms with E-state index in [1.807, 2.05) is 30.0 Å². The highest BCUT2D eigenvalue weighted by Crippen LogP contribution is 2.26. The molecule has 0 saturated carbocycles. The second-order valence-corrected chi connectivity index (χ2v) is 6.76. The number of hydrogen-bond acceptors (Lipinski definition) is 3. The Morgan fingerprint density at radius 2 is 2.13 bits per heavy atom. The van der Waals surface area contributed by atoms with Crippen LogP contribution in [0.4, 0.5) is 10.5 Å². The molecule has 6 heteroatoms. The number of nitrogens with zero attached hydrogens (tertiary/aromatic N) is 2. The summed E-state index contributed by atoms with van der Waals surface area (Å²) in [6.45, 7) is 8.26. The monoisotopic (exact) mass is 337 g/mol. The molecule has 0 radical (unpaired) electrons. The van der Waals surface area contributed by atoms with Gasteiger partial charge in [-0.05, 0) is 30.9 Å². The molecule has 0 bridgehead atoms. The van der Waals surface area contributed by atoms with E-state index < -0.39 is 0 Å². The normalized spacial score (nSPS) is 22.3. The van der Waals surface area contributed by atoms with Gasteiger partial charge in [0, 0.05) is 32.7 Å². The van der Waals surface area contributed by atoms with E-state index >= 15 is 0 Å². The number of rotatable bonds is 3. The van der Waals surface area contributed by atoms with Crippen molar-refractivity contribution in [3.63, 3.8) is 0 Å². The fourth-order valence-electron chi connectivity index (χ4n) is 3.25. The summed E-state index contributed by atoms with van der Waals surface area (Å²) < 4.78 is 5.38. The second kappa shape index (κ2) is 7.51. The summed E-state index contributed by atoms with van der Waals surface area (Å²) in [5, 5.41) is 3.55. The van der Waals surface area contributed by atoms with Gasteiger partial charge in [-0.3, -0.25) is 4.90 Å². The minimum atomic E-state index is -0.0537. The third-order valence-electron chi connectivity index (χ3n) is 4.63. The predicted octanol–water partition coefficient (Wildman–Crippen LogP) is 2.83. The Morgan fingerprint density at radius 1 is 1.35 bits per heavy atom. The first-order valence-corrected chi connectivity index (χ1v) is 8.62. The van der Waals surface area contributed by atoms with Crippen molar-refractivity contribution >= 4 is 23.3 Å². The zero-order valence-corrected chi connectivity index (χ0v) is 14.3. The maximum absolute atomic E-state index is 12.4. The number of nitrogens with one attached hydrogen (secondary N) is 1. The van der Waals surface area contributed by atoms with Crippen LogP contribution in [0.2, 0.25) is 5.02 Å². The molecule has 1 aromatic rings. The summed E-state index contributed by atoms with van der Waals surface area (Å²) in [5.74, 6) is 0.548. The Labute approximate surface area is 142 Å². The van der Waals surface area contributed by atoms with E-state index in [0.717, 1.165) is 57.9 Å². The van der Waals surface area contributed by atoms with Crippen LogP contribution in [-0.4, -0.2) is 61.8 Å². The number of benzene rings is 1. The van der Waals surface area contributed by atoms with E-state index in [4.69, 9.17) is 16.3 Å². The average molecular weight is 338 g/mol. The molecule has 126 valence electrons. The van der Waals surface area contributed by atoms with Crippen molar-refractivity contribution < 1.29 is 9.53 Å². The van der Waals surface area contributed by atoms with Crippen molar-refractivity contribution in [2.75, 3.05) is 51.3 Å². The highest BCUT2D eigenvalue weighted by molar-refractivity contribution is 6.34. The van der Waals surface area contributed by atoms with Gasteiger partial charge in [-0.15, -0.1) is 0 Å². The van der Waals surface area contributed by atoms with Crippen LogP contribution in [0.5, 0.6) is 0 Å². The van der Waals surface area contributed by atoms with Crippen LogP contribution in [0.25, 0.3) is 0 Å². The van der Waals surface area contributed by atoms with Gasteiger partial charge in [0.2, 0.25) is 0 Å². The summed E-state index contributed by atoms with van der Waals surface area (Å²) in [4.78, 5) is 16.8. The topological polar surface area (TPSA) is 44.8 Å². The smallest absolute Gasteiger partial charge is 0.321 e. The van der Waals surface area contributed by atoms with Crippen molar-refractivity contribution in [2.45, 2.75) is 13.3 Å². The lowest BCUT2D eigenvalue weighted by Crippen LogP contribution is -2.40. The number of halogens is 1. The maximum Gasteiger partial charge on any atom is 0.321 e. The number of hydrogen-bond donors (Lipinski definition) is 1. The molecule has 1 aromatic carbocycles. The number of carbonyl (C=O) groups is 1. The lowest BCUT2D eigenvalue weighted by molar-refractivity contribution is 0.0314. The van der Waals surface area contributed by atoms with E-state index in [9.17, 15) is 4.79 Å². The number of carbonyl (C=O) groups excluding carboxylic acids is 1. The summed E-state index contributed by atoms with van der Waals surface area (Å²) in [6.07, 6.45) is 1.06. The van der Waals surface area contributed by atoms with Crippen molar-refractivity contribution in [3.05, 3.63) is 28.8 Å². The number of ether oxygens (including phenoxy) is 1. The molecule has 2 fully saturated rings. The van der Waals surface area contributed by atoms with Gasteiger partial charge in [-0.2, -0.15) is 0 Å².